The van der Waals surface area contributed by atoms with E-state index in [2.05, 4.69) is 0 Å². The van der Waals surface area contributed by atoms with Crippen molar-refractivity contribution in [2.45, 2.75) is 41.5 Å². The van der Waals surface area contributed by atoms with Gasteiger partial charge in [0.05, 0.1) is 0 Å². The second-order valence-corrected chi connectivity index (χ2v) is 4.68. The number of hydrogen-bond donors (Lipinski definition) is 0. The molecule has 0 rings (SSSR count). The van der Waals surface area contributed by atoms with Gasteiger partial charge in [-0.3, -0.25) is 0 Å². The van der Waals surface area contributed by atoms with Gasteiger partial charge in [0.25, 0.3) is 0 Å². The van der Waals surface area contributed by atoms with Crippen LogP contribution >= 0.6 is 0 Å². The summed E-state index contributed by atoms with van der Waals surface area (Å²) in [5.74, 6) is 0.986. The minimum atomic E-state index is 0. The number of hydrogen-bond acceptors (Lipinski definition) is 3. The van der Waals surface area contributed by atoms with Gasteiger partial charge in [-0.2, -0.15) is 0 Å². The molecule has 0 heterocycles. The minimum absolute atomic E-state index is 0. The second-order valence-electron chi connectivity index (χ2n) is 4.68. The summed E-state index contributed by atoms with van der Waals surface area (Å²) in [4.78, 5) is 0. The molecule has 0 fully saturated rings. The van der Waals surface area contributed by atoms with Gasteiger partial charge in [-0.1, -0.05) is 59.3 Å². The Bertz CT molecular complexity index is 77.2. The largest absolute Gasteiger partial charge is 0.854 e. The van der Waals surface area contributed by atoms with Crippen LogP contribution in [-0.4, -0.2) is 19.8 Å². The third kappa shape index (κ3) is 62.8. The first-order chi connectivity index (χ1) is 6.81. The van der Waals surface area contributed by atoms with E-state index in [-0.39, 0.29) is 38.4 Å². The first-order valence-electron chi connectivity index (χ1n) is 5.55. The Labute approximate surface area is 113 Å². The topological polar surface area (TPSA) is 69.2 Å². The molecule has 0 aliphatic rings. The van der Waals surface area contributed by atoms with Crippen LogP contribution in [0.25, 0.3) is 0 Å². The van der Waals surface area contributed by atoms with E-state index >= 15 is 0 Å². The van der Waals surface area contributed by atoms with E-state index in [4.69, 9.17) is 0 Å². The molecule has 0 aliphatic carbocycles. The van der Waals surface area contributed by atoms with Gasteiger partial charge in [0, 0.05) is 18.6 Å². The zero-order chi connectivity index (χ0) is 12.9. The third-order valence-electron chi connectivity index (χ3n) is 1.00. The first kappa shape index (κ1) is 25.3. The minimum Gasteiger partial charge on any atom is -0.854 e. The van der Waals surface area contributed by atoms with Gasteiger partial charge in [-0.05, 0) is 0 Å². The fraction of sp³-hybridized carbons (Fsp3) is 1.00. The zero-order valence-corrected chi connectivity index (χ0v) is 12.9. The van der Waals surface area contributed by atoms with Crippen molar-refractivity contribution in [2.75, 3.05) is 19.8 Å². The quantitative estimate of drug-likeness (QED) is 0.725. The monoisotopic (exact) mass is 270 g/mol. The Balaban J connectivity index is -0.0000000655. The zero-order valence-electron chi connectivity index (χ0n) is 11.5. The van der Waals surface area contributed by atoms with Gasteiger partial charge >= 0.3 is 0 Å². The van der Waals surface area contributed by atoms with Crippen LogP contribution < -0.4 is 15.3 Å². The van der Waals surface area contributed by atoms with Crippen LogP contribution in [0, 0.1) is 17.8 Å². The van der Waals surface area contributed by atoms with Crippen LogP contribution in [0.3, 0.4) is 0 Å². The standard InChI is InChI=1S/3C4H9O.V/c3*1-4(2)3-5;/h3*4H,3H2,1-2H3;/q3*-1;. The summed E-state index contributed by atoms with van der Waals surface area (Å²) < 4.78 is 0. The van der Waals surface area contributed by atoms with Gasteiger partial charge in [-0.15, -0.1) is 19.8 Å². The fourth-order valence-corrected chi connectivity index (χ4v) is 0. The van der Waals surface area contributed by atoms with Crippen molar-refractivity contribution in [1.82, 2.24) is 0 Å². The van der Waals surface area contributed by atoms with Gasteiger partial charge < -0.3 is 15.3 Å². The first-order valence-corrected chi connectivity index (χ1v) is 5.55. The summed E-state index contributed by atoms with van der Waals surface area (Å²) in [6, 6.07) is 0. The summed E-state index contributed by atoms with van der Waals surface area (Å²) in [6.07, 6.45) is 0. The van der Waals surface area contributed by atoms with Crippen molar-refractivity contribution in [2.24, 2.45) is 17.8 Å². The van der Waals surface area contributed by atoms with E-state index in [1.54, 1.807) is 0 Å². The summed E-state index contributed by atoms with van der Waals surface area (Å²) >= 11 is 0. The van der Waals surface area contributed by atoms with Crippen molar-refractivity contribution in [3.8, 4) is 0 Å². The molecule has 0 bridgehead atoms. The van der Waals surface area contributed by atoms with Gasteiger partial charge in [0.15, 0.2) is 0 Å². The Hall–Kier alpha value is 0.464. The van der Waals surface area contributed by atoms with E-state index in [0.717, 1.165) is 0 Å². The maximum absolute atomic E-state index is 9.63. The smallest absolute Gasteiger partial charge is 0 e. The van der Waals surface area contributed by atoms with Crippen LogP contribution in [0.1, 0.15) is 41.5 Å². The molecular formula is C12H27O3V-3. The fourth-order valence-electron chi connectivity index (χ4n) is 0. The summed E-state index contributed by atoms with van der Waals surface area (Å²) in [7, 11) is 0. The van der Waals surface area contributed by atoms with Crippen molar-refractivity contribution in [1.29, 1.82) is 0 Å². The molecule has 0 N–H and O–H groups in total. The molecule has 0 saturated heterocycles. The Morgan fingerprint density at radius 2 is 0.625 bits per heavy atom. The SMILES string of the molecule is CC(C)C[O-].CC(C)C[O-].CC(C)C[O-].[V]. The summed E-state index contributed by atoms with van der Waals surface area (Å²) in [5.41, 5.74) is 0. The molecule has 0 aromatic rings. The van der Waals surface area contributed by atoms with E-state index in [1.807, 2.05) is 41.5 Å². The molecule has 0 aliphatic heterocycles. The predicted molar refractivity (Wildman–Crippen MR) is 59.1 cm³/mol. The van der Waals surface area contributed by atoms with Crippen LogP contribution in [0.5, 0.6) is 0 Å². The van der Waals surface area contributed by atoms with Gasteiger partial charge in [0.1, 0.15) is 0 Å². The van der Waals surface area contributed by atoms with Crippen molar-refractivity contribution in [3.05, 3.63) is 0 Å². The molecule has 0 saturated carbocycles. The normalized spacial score (nSPS) is 9.00. The third-order valence-corrected chi connectivity index (χ3v) is 1.00. The average molecular weight is 270 g/mol. The van der Waals surface area contributed by atoms with Crippen LogP contribution in [0.15, 0.2) is 0 Å². The maximum atomic E-state index is 9.63. The molecule has 4 heteroatoms. The van der Waals surface area contributed by atoms with Crippen LogP contribution in [-0.2, 0) is 18.6 Å². The Kier molecular flexibility index (Phi) is 33.0. The molecule has 0 aromatic heterocycles. The predicted octanol–water partition coefficient (Wildman–Crippen LogP) is 0.00560. The maximum Gasteiger partial charge on any atom is 0 e. The molecule has 0 unspecified atom stereocenters. The van der Waals surface area contributed by atoms with E-state index in [1.165, 1.54) is 0 Å². The van der Waals surface area contributed by atoms with E-state index in [9.17, 15) is 15.3 Å². The average Bonchev–Trinajstić information content (AvgIpc) is 2.19. The molecular weight excluding hydrogens is 243 g/mol. The van der Waals surface area contributed by atoms with E-state index < -0.39 is 0 Å². The molecule has 0 amide bonds. The van der Waals surface area contributed by atoms with Crippen LogP contribution in [0.2, 0.25) is 0 Å². The Morgan fingerprint density at radius 3 is 0.625 bits per heavy atom. The molecule has 101 valence electrons. The molecule has 0 atom stereocenters. The van der Waals surface area contributed by atoms with E-state index in [0.29, 0.717) is 17.8 Å². The second kappa shape index (κ2) is 20.8. The number of rotatable bonds is 3. The van der Waals surface area contributed by atoms with Crippen molar-refractivity contribution < 1.29 is 33.9 Å². The van der Waals surface area contributed by atoms with Gasteiger partial charge in [-0.25, -0.2) is 0 Å². The molecule has 16 heavy (non-hydrogen) atoms. The Morgan fingerprint density at radius 1 is 0.562 bits per heavy atom. The molecule has 1 radical (unpaired) electrons. The van der Waals surface area contributed by atoms with Crippen LogP contribution in [0.4, 0.5) is 0 Å². The summed E-state index contributed by atoms with van der Waals surface area (Å²) in [5, 5.41) is 28.9. The molecule has 0 spiro atoms. The summed E-state index contributed by atoms with van der Waals surface area (Å²) in [6.45, 7) is 11.6. The van der Waals surface area contributed by atoms with Gasteiger partial charge in [0.2, 0.25) is 0 Å². The molecule has 0 aromatic carbocycles. The van der Waals surface area contributed by atoms with Crippen molar-refractivity contribution in [3.63, 3.8) is 0 Å². The molecule has 3 nitrogen and oxygen atoms in total. The van der Waals surface area contributed by atoms with Crippen molar-refractivity contribution >= 4 is 0 Å².